The lowest BCUT2D eigenvalue weighted by molar-refractivity contribution is -0.200. The molecule has 1 amide bonds. The Morgan fingerprint density at radius 3 is 2.45 bits per heavy atom. The molecule has 3 aliphatic rings. The molecule has 0 N–H and O–H groups in total. The third-order valence-corrected chi connectivity index (χ3v) is 5.28. The summed E-state index contributed by atoms with van der Waals surface area (Å²) in [6, 6.07) is 0. The molecule has 0 aromatic rings. The van der Waals surface area contributed by atoms with Crippen LogP contribution in [0.4, 0.5) is 0 Å². The summed E-state index contributed by atoms with van der Waals surface area (Å²) in [5.74, 6) is 0.230. The largest absolute Gasteiger partial charge is 0.377 e. The van der Waals surface area contributed by atoms with E-state index in [4.69, 9.17) is 9.47 Å². The van der Waals surface area contributed by atoms with Crippen molar-refractivity contribution in [1.29, 1.82) is 0 Å². The van der Waals surface area contributed by atoms with Crippen LogP contribution in [0.3, 0.4) is 0 Å². The van der Waals surface area contributed by atoms with Crippen molar-refractivity contribution >= 4 is 5.91 Å². The highest BCUT2D eigenvalue weighted by atomic mass is 16.5. The van der Waals surface area contributed by atoms with Crippen LogP contribution in [0.1, 0.15) is 46.5 Å². The Morgan fingerprint density at radius 1 is 1.23 bits per heavy atom. The predicted octanol–water partition coefficient (Wildman–Crippen LogP) is 1.66. The Hall–Kier alpha value is -0.650. The number of nitrogens with zero attached hydrogens (tertiary/aromatic N) is 2. The molecule has 0 aromatic heterocycles. The maximum absolute atomic E-state index is 12.4. The Balaban J connectivity index is 1.54. The zero-order valence-electron chi connectivity index (χ0n) is 14.3. The monoisotopic (exact) mass is 310 g/mol. The lowest BCUT2D eigenvalue weighted by atomic mass is 9.88. The first kappa shape index (κ1) is 16.2. The Bertz CT molecular complexity index is 412. The average Bonchev–Trinajstić information content (AvgIpc) is 3.25. The normalized spacial score (nSPS) is 27.1. The summed E-state index contributed by atoms with van der Waals surface area (Å²) in [7, 11) is 0. The van der Waals surface area contributed by atoms with Gasteiger partial charge in [0, 0.05) is 32.7 Å². The van der Waals surface area contributed by atoms with Crippen molar-refractivity contribution in [3.8, 4) is 0 Å². The van der Waals surface area contributed by atoms with Crippen molar-refractivity contribution in [2.75, 3.05) is 39.3 Å². The van der Waals surface area contributed by atoms with Crippen molar-refractivity contribution < 1.29 is 14.3 Å². The molecule has 0 aromatic carbocycles. The second-order valence-corrected chi connectivity index (χ2v) is 7.36. The molecule has 5 heteroatoms. The van der Waals surface area contributed by atoms with Gasteiger partial charge in [-0.25, -0.2) is 0 Å². The molecular formula is C17H30N2O3. The van der Waals surface area contributed by atoms with Gasteiger partial charge in [-0.05, 0) is 46.5 Å². The first-order valence-electron chi connectivity index (χ1n) is 8.82. The highest BCUT2D eigenvalue weighted by Gasteiger charge is 2.61. The maximum atomic E-state index is 12.4. The van der Waals surface area contributed by atoms with Crippen molar-refractivity contribution in [1.82, 2.24) is 9.80 Å². The third kappa shape index (κ3) is 3.17. The van der Waals surface area contributed by atoms with Gasteiger partial charge < -0.3 is 19.3 Å². The van der Waals surface area contributed by atoms with Gasteiger partial charge in [-0.3, -0.25) is 4.79 Å². The summed E-state index contributed by atoms with van der Waals surface area (Å²) in [4.78, 5) is 16.9. The number of hydrogen-bond donors (Lipinski definition) is 0. The second-order valence-electron chi connectivity index (χ2n) is 7.36. The maximum Gasteiger partial charge on any atom is 0.254 e. The van der Waals surface area contributed by atoms with Gasteiger partial charge in [0.25, 0.3) is 5.91 Å². The van der Waals surface area contributed by atoms with Gasteiger partial charge in [0.15, 0.2) is 0 Å². The SMILES string of the molecule is CCN1CC2(CCN(CCOC(C)C)CC2)OC2(CC2)C1=O. The van der Waals surface area contributed by atoms with Crippen molar-refractivity contribution in [2.45, 2.75) is 63.8 Å². The topological polar surface area (TPSA) is 42.0 Å². The van der Waals surface area contributed by atoms with E-state index in [9.17, 15) is 4.79 Å². The van der Waals surface area contributed by atoms with Gasteiger partial charge in [0.05, 0.1) is 18.3 Å². The van der Waals surface area contributed by atoms with Crippen LogP contribution in [-0.4, -0.2) is 72.3 Å². The number of carbonyl (C=O) groups is 1. The van der Waals surface area contributed by atoms with E-state index in [-0.39, 0.29) is 11.5 Å². The highest BCUT2D eigenvalue weighted by Crippen LogP contribution is 2.49. The summed E-state index contributed by atoms with van der Waals surface area (Å²) in [5.41, 5.74) is -0.549. The number of likely N-dealkylation sites (N-methyl/N-ethyl adjacent to an activating group) is 1. The minimum atomic E-state index is -0.447. The van der Waals surface area contributed by atoms with Gasteiger partial charge in [0.2, 0.25) is 0 Å². The average molecular weight is 310 g/mol. The van der Waals surface area contributed by atoms with Gasteiger partial charge in [-0.1, -0.05) is 0 Å². The third-order valence-electron chi connectivity index (χ3n) is 5.28. The van der Waals surface area contributed by atoms with Crippen LogP contribution >= 0.6 is 0 Å². The molecule has 5 nitrogen and oxygen atoms in total. The summed E-state index contributed by atoms with van der Waals surface area (Å²) in [6.07, 6.45) is 4.18. The molecule has 0 radical (unpaired) electrons. The van der Waals surface area contributed by atoms with Crippen LogP contribution in [0.15, 0.2) is 0 Å². The number of hydrogen-bond acceptors (Lipinski definition) is 4. The van der Waals surface area contributed by atoms with Gasteiger partial charge in [0.1, 0.15) is 5.60 Å². The van der Waals surface area contributed by atoms with E-state index < -0.39 is 5.60 Å². The number of rotatable bonds is 5. The number of carbonyl (C=O) groups excluding carboxylic acids is 1. The minimum Gasteiger partial charge on any atom is -0.377 e. The lowest BCUT2D eigenvalue weighted by Gasteiger charge is -2.50. The Morgan fingerprint density at radius 2 is 1.91 bits per heavy atom. The Kier molecular flexibility index (Phi) is 4.49. The van der Waals surface area contributed by atoms with Crippen LogP contribution in [0.5, 0.6) is 0 Å². The molecule has 2 saturated heterocycles. The number of morpholine rings is 1. The molecule has 0 atom stereocenters. The lowest BCUT2D eigenvalue weighted by Crippen LogP contribution is -2.63. The quantitative estimate of drug-likeness (QED) is 0.774. The standard InChI is InChI=1S/C17H30N2O3/c1-4-19-13-16(22-17(5-6-17)15(19)20)7-9-18(10-8-16)11-12-21-14(2)3/h14H,4-13H2,1-3H3. The summed E-state index contributed by atoms with van der Waals surface area (Å²) in [5, 5.41) is 0. The Labute approximate surface area is 133 Å². The molecule has 126 valence electrons. The molecule has 2 spiro atoms. The number of likely N-dealkylation sites (tertiary alicyclic amines) is 1. The molecule has 1 aliphatic carbocycles. The first-order valence-corrected chi connectivity index (χ1v) is 8.82. The summed E-state index contributed by atoms with van der Waals surface area (Å²) >= 11 is 0. The number of amides is 1. The van der Waals surface area contributed by atoms with Crippen LogP contribution in [0.25, 0.3) is 0 Å². The minimum absolute atomic E-state index is 0.101. The fraction of sp³-hybridized carbons (Fsp3) is 0.941. The van der Waals surface area contributed by atoms with E-state index in [0.29, 0.717) is 6.10 Å². The van der Waals surface area contributed by atoms with Gasteiger partial charge in [-0.2, -0.15) is 0 Å². The molecule has 2 heterocycles. The molecule has 0 unspecified atom stereocenters. The van der Waals surface area contributed by atoms with E-state index in [1.165, 1.54) is 0 Å². The summed E-state index contributed by atoms with van der Waals surface area (Å²) in [6.45, 7) is 11.7. The van der Waals surface area contributed by atoms with E-state index in [1.54, 1.807) is 0 Å². The van der Waals surface area contributed by atoms with Crippen LogP contribution in [0, 0.1) is 0 Å². The molecule has 22 heavy (non-hydrogen) atoms. The van der Waals surface area contributed by atoms with E-state index in [0.717, 1.165) is 65.0 Å². The van der Waals surface area contributed by atoms with E-state index in [1.807, 2.05) is 4.90 Å². The zero-order valence-corrected chi connectivity index (χ0v) is 14.3. The molecule has 2 aliphatic heterocycles. The molecule has 3 rings (SSSR count). The smallest absolute Gasteiger partial charge is 0.254 e. The first-order chi connectivity index (χ1) is 10.5. The van der Waals surface area contributed by atoms with E-state index in [2.05, 4.69) is 25.7 Å². The van der Waals surface area contributed by atoms with Crippen LogP contribution < -0.4 is 0 Å². The molecule has 3 fully saturated rings. The van der Waals surface area contributed by atoms with Gasteiger partial charge >= 0.3 is 0 Å². The number of piperidine rings is 1. The molecule has 0 bridgehead atoms. The summed E-state index contributed by atoms with van der Waals surface area (Å²) < 4.78 is 12.0. The van der Waals surface area contributed by atoms with E-state index >= 15 is 0 Å². The molecule has 1 saturated carbocycles. The fourth-order valence-electron chi connectivity index (χ4n) is 3.74. The van der Waals surface area contributed by atoms with Crippen molar-refractivity contribution in [3.05, 3.63) is 0 Å². The molecular weight excluding hydrogens is 280 g/mol. The van der Waals surface area contributed by atoms with Gasteiger partial charge in [-0.15, -0.1) is 0 Å². The number of ether oxygens (including phenoxy) is 2. The zero-order chi connectivity index (χ0) is 15.8. The fourth-order valence-corrected chi connectivity index (χ4v) is 3.74. The van der Waals surface area contributed by atoms with Crippen LogP contribution in [-0.2, 0) is 14.3 Å². The predicted molar refractivity (Wildman–Crippen MR) is 84.8 cm³/mol. The van der Waals surface area contributed by atoms with Crippen molar-refractivity contribution in [2.24, 2.45) is 0 Å². The van der Waals surface area contributed by atoms with Crippen LogP contribution in [0.2, 0.25) is 0 Å². The highest BCUT2D eigenvalue weighted by molar-refractivity contribution is 5.89. The second kappa shape index (κ2) is 6.10. The van der Waals surface area contributed by atoms with Crippen molar-refractivity contribution in [3.63, 3.8) is 0 Å².